The molecule has 0 aliphatic carbocycles. The first kappa shape index (κ1) is 29.0. The van der Waals surface area contributed by atoms with Crippen LogP contribution in [0, 0.1) is 0 Å². The highest BCUT2D eigenvalue weighted by Crippen LogP contribution is 2.39. The van der Waals surface area contributed by atoms with Crippen molar-refractivity contribution in [2.45, 2.75) is 13.1 Å². The Morgan fingerprint density at radius 2 is 1.80 bits per heavy atom. The Bertz CT molecular complexity index is 1460. The van der Waals surface area contributed by atoms with E-state index in [1.807, 2.05) is 6.92 Å². The largest absolute Gasteiger partial charge is 0.494 e. The third kappa shape index (κ3) is 6.93. The predicted octanol–water partition coefficient (Wildman–Crippen LogP) is 6.54. The van der Waals surface area contributed by atoms with E-state index in [2.05, 4.69) is 5.32 Å². The monoisotopic (exact) mass is 588 g/mol. The lowest BCUT2D eigenvalue weighted by atomic mass is 10.1. The number of nitrogens with zero attached hydrogens (tertiary/aromatic N) is 1. The van der Waals surface area contributed by atoms with E-state index in [-0.39, 0.29) is 27.4 Å². The molecule has 12 heteroatoms. The van der Waals surface area contributed by atoms with Crippen molar-refractivity contribution in [3.05, 3.63) is 82.8 Å². The number of halogens is 3. The summed E-state index contributed by atoms with van der Waals surface area (Å²) in [6.45, 7) is 2.14. The van der Waals surface area contributed by atoms with Crippen LogP contribution in [0.5, 0.6) is 17.2 Å². The maximum atomic E-state index is 13.2. The number of amides is 2. The molecule has 0 spiro atoms. The van der Waals surface area contributed by atoms with E-state index >= 15 is 0 Å². The number of methoxy groups -OCH3 is 1. The second-order valence-corrected chi connectivity index (χ2v) is 9.95. The number of thiocarbonyl (C=S) groups is 1. The Hall–Kier alpha value is -4.03. The fourth-order valence-corrected chi connectivity index (χ4v) is 5.00. The van der Waals surface area contributed by atoms with E-state index in [0.717, 1.165) is 28.8 Å². The highest BCUT2D eigenvalue weighted by Gasteiger charge is 2.36. The molecule has 1 heterocycles. The first-order valence-electron chi connectivity index (χ1n) is 11.9. The van der Waals surface area contributed by atoms with E-state index in [4.69, 9.17) is 26.4 Å². The normalized spacial score (nSPS) is 14.4. The lowest BCUT2D eigenvalue weighted by Crippen LogP contribution is -2.27. The molecule has 1 aliphatic heterocycles. The molecule has 3 aromatic carbocycles. The van der Waals surface area contributed by atoms with Crippen molar-refractivity contribution in [3.63, 3.8) is 0 Å². The molecule has 2 amide bonds. The van der Waals surface area contributed by atoms with E-state index in [1.165, 1.54) is 19.2 Å². The van der Waals surface area contributed by atoms with E-state index in [1.54, 1.807) is 48.5 Å². The van der Waals surface area contributed by atoms with Crippen LogP contribution in [0.4, 0.5) is 24.5 Å². The maximum Gasteiger partial charge on any atom is 0.416 e. The maximum absolute atomic E-state index is 13.2. The summed E-state index contributed by atoms with van der Waals surface area (Å²) in [4.78, 5) is 26.7. The van der Waals surface area contributed by atoms with Gasteiger partial charge in [0, 0.05) is 5.69 Å². The van der Waals surface area contributed by atoms with Crippen LogP contribution in [0.15, 0.2) is 71.6 Å². The predicted molar refractivity (Wildman–Crippen MR) is 152 cm³/mol. The smallest absolute Gasteiger partial charge is 0.416 e. The topological polar surface area (TPSA) is 77.1 Å². The number of benzene rings is 3. The minimum Gasteiger partial charge on any atom is -0.494 e. The molecule has 0 unspecified atom stereocenters. The van der Waals surface area contributed by atoms with Gasteiger partial charge in [0.25, 0.3) is 11.8 Å². The summed E-state index contributed by atoms with van der Waals surface area (Å²) in [7, 11) is 1.43. The lowest BCUT2D eigenvalue weighted by molar-refractivity contribution is -0.137. The molecule has 0 atom stereocenters. The molecule has 1 aliphatic rings. The second kappa shape index (κ2) is 12.4. The average molecular weight is 589 g/mol. The Labute approximate surface area is 237 Å². The SMILES string of the molecule is CCOc1ccc(NC(=O)COc2ccc(/C=C3\SC(=S)N(c4cccc(C(F)(F)F)c4)C3=O)cc2OC)cc1. The van der Waals surface area contributed by atoms with E-state index in [9.17, 15) is 22.8 Å². The van der Waals surface area contributed by atoms with Gasteiger partial charge in [-0.25, -0.2) is 0 Å². The summed E-state index contributed by atoms with van der Waals surface area (Å²) in [6.07, 6.45) is -3.00. The summed E-state index contributed by atoms with van der Waals surface area (Å²) < 4.78 is 56.0. The van der Waals surface area contributed by atoms with Crippen LogP contribution < -0.4 is 24.4 Å². The molecule has 0 radical (unpaired) electrons. The fraction of sp³-hybridized carbons (Fsp3) is 0.179. The Balaban J connectivity index is 1.43. The molecule has 40 heavy (non-hydrogen) atoms. The number of alkyl halides is 3. The van der Waals surface area contributed by atoms with Crippen molar-refractivity contribution in [2.75, 3.05) is 30.5 Å². The highest BCUT2D eigenvalue weighted by atomic mass is 32.2. The second-order valence-electron chi connectivity index (χ2n) is 8.27. The molecular weight excluding hydrogens is 565 g/mol. The molecule has 0 aromatic heterocycles. The molecule has 1 saturated heterocycles. The van der Waals surface area contributed by atoms with Crippen LogP contribution in [-0.2, 0) is 15.8 Å². The number of carbonyl (C=O) groups is 2. The number of hydrogen-bond acceptors (Lipinski definition) is 7. The third-order valence-corrected chi connectivity index (χ3v) is 6.82. The van der Waals surface area contributed by atoms with Gasteiger partial charge in [-0.2, -0.15) is 13.2 Å². The molecule has 208 valence electrons. The molecular formula is C28H23F3N2O5S2. The van der Waals surface area contributed by atoms with Gasteiger partial charge in [0.2, 0.25) is 0 Å². The van der Waals surface area contributed by atoms with Crippen LogP contribution in [0.25, 0.3) is 6.08 Å². The number of anilines is 2. The number of hydrogen-bond donors (Lipinski definition) is 1. The summed E-state index contributed by atoms with van der Waals surface area (Å²) >= 11 is 6.26. The zero-order chi connectivity index (χ0) is 28.9. The van der Waals surface area contributed by atoms with Gasteiger partial charge in [-0.05, 0) is 73.2 Å². The number of carbonyl (C=O) groups excluding carboxylic acids is 2. The summed E-state index contributed by atoms with van der Waals surface area (Å²) in [5, 5.41) is 2.73. The van der Waals surface area contributed by atoms with Crippen molar-refractivity contribution in [3.8, 4) is 17.2 Å². The minimum atomic E-state index is -4.55. The van der Waals surface area contributed by atoms with Crippen molar-refractivity contribution >= 4 is 57.6 Å². The van der Waals surface area contributed by atoms with Crippen molar-refractivity contribution in [2.24, 2.45) is 0 Å². The number of nitrogens with one attached hydrogen (secondary N) is 1. The van der Waals surface area contributed by atoms with Crippen LogP contribution in [0.2, 0.25) is 0 Å². The van der Waals surface area contributed by atoms with Crippen LogP contribution in [-0.4, -0.2) is 36.5 Å². The Morgan fingerprint density at radius 1 is 1.05 bits per heavy atom. The number of rotatable bonds is 9. The van der Waals surface area contributed by atoms with Gasteiger partial charge in [-0.3, -0.25) is 14.5 Å². The van der Waals surface area contributed by atoms with Gasteiger partial charge < -0.3 is 19.5 Å². The van der Waals surface area contributed by atoms with E-state index < -0.39 is 17.6 Å². The Kier molecular flexibility index (Phi) is 9.00. The first-order chi connectivity index (χ1) is 19.1. The zero-order valence-electron chi connectivity index (χ0n) is 21.3. The third-order valence-electron chi connectivity index (χ3n) is 5.52. The molecule has 0 saturated carbocycles. The van der Waals surface area contributed by atoms with Crippen molar-refractivity contribution in [1.82, 2.24) is 0 Å². The van der Waals surface area contributed by atoms with Crippen LogP contribution in [0.1, 0.15) is 18.1 Å². The molecule has 3 aromatic rings. The van der Waals surface area contributed by atoms with Gasteiger partial charge in [-0.15, -0.1) is 0 Å². The highest BCUT2D eigenvalue weighted by molar-refractivity contribution is 8.27. The van der Waals surface area contributed by atoms with Gasteiger partial charge >= 0.3 is 6.18 Å². The molecule has 1 N–H and O–H groups in total. The summed E-state index contributed by atoms with van der Waals surface area (Å²) in [6, 6.07) is 16.2. The molecule has 4 rings (SSSR count). The van der Waals surface area contributed by atoms with Crippen LogP contribution in [0.3, 0.4) is 0 Å². The first-order valence-corrected chi connectivity index (χ1v) is 13.1. The van der Waals surface area contributed by atoms with Gasteiger partial charge in [0.05, 0.1) is 29.9 Å². The molecule has 0 bridgehead atoms. The summed E-state index contributed by atoms with van der Waals surface area (Å²) in [5.74, 6) is 0.390. The number of ether oxygens (including phenoxy) is 3. The molecule has 7 nitrogen and oxygen atoms in total. The van der Waals surface area contributed by atoms with Crippen molar-refractivity contribution < 1.29 is 37.0 Å². The fourth-order valence-electron chi connectivity index (χ4n) is 3.70. The molecule has 1 fully saturated rings. The lowest BCUT2D eigenvalue weighted by Gasteiger charge is -2.16. The standard InChI is InChI=1S/C28H23F3N2O5S2/c1-3-37-21-10-8-19(9-11-21)32-25(34)16-38-22-12-7-17(13-23(22)36-2)14-24-26(35)33(27(39)40-24)20-6-4-5-18(15-20)28(29,30)31/h4-15H,3,16H2,1-2H3,(H,32,34)/b24-14-. The van der Waals surface area contributed by atoms with Crippen LogP contribution >= 0.6 is 24.0 Å². The summed E-state index contributed by atoms with van der Waals surface area (Å²) in [5.41, 5.74) is 0.302. The average Bonchev–Trinajstić information content (AvgIpc) is 3.20. The minimum absolute atomic E-state index is 0.0329. The van der Waals surface area contributed by atoms with Gasteiger partial charge in [-0.1, -0.05) is 36.1 Å². The van der Waals surface area contributed by atoms with Gasteiger partial charge in [0.1, 0.15) is 5.75 Å². The van der Waals surface area contributed by atoms with Crippen molar-refractivity contribution in [1.29, 1.82) is 0 Å². The van der Waals surface area contributed by atoms with Gasteiger partial charge in [0.15, 0.2) is 22.4 Å². The Morgan fingerprint density at radius 3 is 2.48 bits per heavy atom. The number of thioether (sulfide) groups is 1. The quantitative estimate of drug-likeness (QED) is 0.225. The zero-order valence-corrected chi connectivity index (χ0v) is 22.9. The van der Waals surface area contributed by atoms with E-state index in [0.29, 0.717) is 35.1 Å².